The molecule has 3 heterocycles. The molecular formula is C27H38Cl3N5O2. The molecule has 7 nitrogen and oxygen atoms in total. The van der Waals surface area contributed by atoms with Crippen molar-refractivity contribution in [2.75, 3.05) is 37.6 Å². The molecule has 37 heavy (non-hydrogen) atoms. The van der Waals surface area contributed by atoms with Crippen LogP contribution in [0.5, 0.6) is 0 Å². The second-order valence-electron chi connectivity index (χ2n) is 10.5. The minimum atomic E-state index is -0.514. The summed E-state index contributed by atoms with van der Waals surface area (Å²) >= 11 is 6.18. The fourth-order valence-corrected chi connectivity index (χ4v) is 6.43. The number of halogens is 3. The SMILES string of the molecule is CC(C)N1CCC[C@H]1[C@@H](C(=O)N1CCN(c2ncnc3c2[C@@H](C)C[C@H]3O)CC1)c1ccc(Cl)cc1.Cl.Cl. The van der Waals surface area contributed by atoms with E-state index in [-0.39, 0.29) is 48.6 Å². The number of anilines is 1. The Morgan fingerprint density at radius 3 is 2.38 bits per heavy atom. The molecule has 2 saturated heterocycles. The molecule has 4 atom stereocenters. The van der Waals surface area contributed by atoms with Gasteiger partial charge in [-0.2, -0.15) is 0 Å². The number of piperazine rings is 1. The third kappa shape index (κ3) is 5.86. The number of benzene rings is 1. The molecular weight excluding hydrogens is 533 g/mol. The topological polar surface area (TPSA) is 72.8 Å². The molecule has 0 radical (unpaired) electrons. The summed E-state index contributed by atoms with van der Waals surface area (Å²) < 4.78 is 0. The van der Waals surface area contributed by atoms with Crippen LogP contribution < -0.4 is 4.90 Å². The zero-order chi connectivity index (χ0) is 24.7. The smallest absolute Gasteiger partial charge is 0.231 e. The number of likely N-dealkylation sites (tertiary alicyclic amines) is 1. The summed E-state index contributed by atoms with van der Waals surface area (Å²) in [5.74, 6) is 1.17. The molecule has 3 aliphatic rings. The summed E-state index contributed by atoms with van der Waals surface area (Å²) in [6.45, 7) is 10.4. The van der Waals surface area contributed by atoms with Gasteiger partial charge in [-0.05, 0) is 63.3 Å². The zero-order valence-electron chi connectivity index (χ0n) is 21.7. The predicted octanol–water partition coefficient (Wildman–Crippen LogP) is 4.82. The molecule has 0 spiro atoms. The van der Waals surface area contributed by atoms with Gasteiger partial charge in [0.05, 0.1) is 17.7 Å². The van der Waals surface area contributed by atoms with Crippen molar-refractivity contribution in [1.29, 1.82) is 0 Å². The van der Waals surface area contributed by atoms with E-state index in [2.05, 4.69) is 40.5 Å². The Kier molecular flexibility index (Phi) is 10.1. The lowest BCUT2D eigenvalue weighted by Crippen LogP contribution is -2.53. The van der Waals surface area contributed by atoms with Crippen molar-refractivity contribution in [2.45, 2.75) is 70.1 Å². The molecule has 1 aromatic heterocycles. The first kappa shape index (κ1) is 29.9. The normalized spacial score (nSPS) is 24.4. The highest BCUT2D eigenvalue weighted by Crippen LogP contribution is 2.43. The first-order chi connectivity index (χ1) is 16.8. The number of aliphatic hydroxyl groups excluding tert-OH is 1. The van der Waals surface area contributed by atoms with E-state index in [1.165, 1.54) is 0 Å². The van der Waals surface area contributed by atoms with Gasteiger partial charge in [0.25, 0.3) is 0 Å². The number of hydrogen-bond acceptors (Lipinski definition) is 6. The number of amides is 1. The average Bonchev–Trinajstić information content (AvgIpc) is 3.45. The number of aliphatic hydroxyl groups is 1. The lowest BCUT2D eigenvalue weighted by Gasteiger charge is -2.40. The number of hydrogen-bond donors (Lipinski definition) is 1. The summed E-state index contributed by atoms with van der Waals surface area (Å²) in [6, 6.07) is 8.45. The van der Waals surface area contributed by atoms with E-state index in [4.69, 9.17) is 11.6 Å². The van der Waals surface area contributed by atoms with Crippen LogP contribution in [-0.2, 0) is 4.79 Å². The van der Waals surface area contributed by atoms with Crippen LogP contribution in [0.2, 0.25) is 5.02 Å². The molecule has 5 rings (SSSR count). The minimum absolute atomic E-state index is 0. The van der Waals surface area contributed by atoms with Crippen LogP contribution in [0.25, 0.3) is 0 Å². The predicted molar refractivity (Wildman–Crippen MR) is 152 cm³/mol. The van der Waals surface area contributed by atoms with Gasteiger partial charge < -0.3 is 14.9 Å². The third-order valence-corrected chi connectivity index (χ3v) is 8.31. The molecule has 0 unspecified atom stereocenters. The lowest BCUT2D eigenvalue weighted by atomic mass is 9.87. The van der Waals surface area contributed by atoms with Crippen LogP contribution in [0.1, 0.15) is 74.8 Å². The van der Waals surface area contributed by atoms with E-state index in [0.717, 1.165) is 55.1 Å². The quantitative estimate of drug-likeness (QED) is 0.556. The molecule has 2 aliphatic heterocycles. The van der Waals surface area contributed by atoms with Gasteiger partial charge in [0, 0.05) is 48.8 Å². The molecule has 0 bridgehead atoms. The largest absolute Gasteiger partial charge is 0.387 e. The Hall–Kier alpha value is -1.64. The first-order valence-electron chi connectivity index (χ1n) is 12.9. The molecule has 204 valence electrons. The first-order valence-corrected chi connectivity index (χ1v) is 13.3. The molecule has 2 aromatic rings. The molecule has 10 heteroatoms. The summed E-state index contributed by atoms with van der Waals surface area (Å²) in [7, 11) is 0. The van der Waals surface area contributed by atoms with Crippen molar-refractivity contribution in [3.05, 3.63) is 52.4 Å². The van der Waals surface area contributed by atoms with E-state index in [9.17, 15) is 9.90 Å². The van der Waals surface area contributed by atoms with Gasteiger partial charge in [-0.25, -0.2) is 9.97 Å². The minimum Gasteiger partial charge on any atom is -0.387 e. The average molecular weight is 571 g/mol. The van der Waals surface area contributed by atoms with Crippen LogP contribution in [0, 0.1) is 0 Å². The maximum absolute atomic E-state index is 14.1. The van der Waals surface area contributed by atoms with E-state index in [0.29, 0.717) is 30.6 Å². The van der Waals surface area contributed by atoms with Gasteiger partial charge in [0.15, 0.2) is 0 Å². The summed E-state index contributed by atoms with van der Waals surface area (Å²) in [6.07, 6.45) is 3.89. The Labute approximate surface area is 237 Å². The van der Waals surface area contributed by atoms with Gasteiger partial charge in [-0.15, -0.1) is 24.8 Å². The maximum atomic E-state index is 14.1. The second kappa shape index (κ2) is 12.5. The Morgan fingerprint density at radius 1 is 1.05 bits per heavy atom. The molecule has 1 aliphatic carbocycles. The number of carbonyl (C=O) groups is 1. The standard InChI is InChI=1S/C27H36ClN5O2.2ClH/c1-17(2)33-10-4-5-21(33)24(19-6-8-20(28)9-7-19)27(35)32-13-11-31(12-14-32)26-23-18(3)15-22(34)25(23)29-16-30-26;;/h6-9,16-18,21-22,24,34H,4-5,10-15H2,1-3H3;2*1H/t18-,21-,22+,24-;;/m0../s1. The van der Waals surface area contributed by atoms with Gasteiger partial charge in [0.1, 0.15) is 12.1 Å². The van der Waals surface area contributed by atoms with Crippen LogP contribution in [-0.4, -0.2) is 75.6 Å². The van der Waals surface area contributed by atoms with E-state index in [1.54, 1.807) is 6.33 Å². The monoisotopic (exact) mass is 569 g/mol. The molecule has 1 N–H and O–H groups in total. The number of rotatable bonds is 5. The van der Waals surface area contributed by atoms with Gasteiger partial charge in [-0.3, -0.25) is 9.69 Å². The van der Waals surface area contributed by atoms with Crippen molar-refractivity contribution in [3.8, 4) is 0 Å². The van der Waals surface area contributed by atoms with Crippen LogP contribution in [0.15, 0.2) is 30.6 Å². The van der Waals surface area contributed by atoms with E-state index >= 15 is 0 Å². The van der Waals surface area contributed by atoms with Crippen LogP contribution in [0.4, 0.5) is 5.82 Å². The number of fused-ring (bicyclic) bond motifs is 1. The number of nitrogens with zero attached hydrogens (tertiary/aromatic N) is 5. The Morgan fingerprint density at radius 2 is 1.73 bits per heavy atom. The third-order valence-electron chi connectivity index (χ3n) is 8.06. The van der Waals surface area contributed by atoms with Crippen molar-refractivity contribution >= 4 is 48.1 Å². The zero-order valence-corrected chi connectivity index (χ0v) is 24.1. The Bertz CT molecular complexity index is 1060. The molecule has 1 aromatic carbocycles. The summed E-state index contributed by atoms with van der Waals surface area (Å²) in [5.41, 5.74) is 2.88. The second-order valence-corrected chi connectivity index (χ2v) is 11.0. The van der Waals surface area contributed by atoms with Gasteiger partial charge in [0.2, 0.25) is 5.91 Å². The van der Waals surface area contributed by atoms with Crippen molar-refractivity contribution in [3.63, 3.8) is 0 Å². The van der Waals surface area contributed by atoms with Crippen LogP contribution in [0.3, 0.4) is 0 Å². The highest BCUT2D eigenvalue weighted by molar-refractivity contribution is 6.30. The Balaban J connectivity index is 0.00000190. The maximum Gasteiger partial charge on any atom is 0.231 e. The van der Waals surface area contributed by atoms with Gasteiger partial charge >= 0.3 is 0 Å². The van der Waals surface area contributed by atoms with E-state index < -0.39 is 6.10 Å². The van der Waals surface area contributed by atoms with E-state index in [1.807, 2.05) is 29.2 Å². The van der Waals surface area contributed by atoms with Crippen LogP contribution >= 0.6 is 36.4 Å². The number of aromatic nitrogens is 2. The van der Waals surface area contributed by atoms with Crippen molar-refractivity contribution < 1.29 is 9.90 Å². The fraction of sp³-hybridized carbons (Fsp3) is 0.593. The molecule has 2 fully saturated rings. The molecule has 1 amide bonds. The number of carbonyl (C=O) groups excluding carboxylic acids is 1. The fourth-order valence-electron chi connectivity index (χ4n) is 6.30. The van der Waals surface area contributed by atoms with Crippen molar-refractivity contribution in [1.82, 2.24) is 19.8 Å². The summed E-state index contributed by atoms with van der Waals surface area (Å²) in [4.78, 5) is 29.8. The molecule has 0 saturated carbocycles. The summed E-state index contributed by atoms with van der Waals surface area (Å²) in [5, 5.41) is 11.1. The lowest BCUT2D eigenvalue weighted by molar-refractivity contribution is -0.134. The van der Waals surface area contributed by atoms with Gasteiger partial charge in [-0.1, -0.05) is 30.7 Å². The highest BCUT2D eigenvalue weighted by Gasteiger charge is 2.41. The highest BCUT2D eigenvalue weighted by atomic mass is 35.5. The van der Waals surface area contributed by atoms with Crippen molar-refractivity contribution in [2.24, 2.45) is 0 Å².